The molecule has 0 N–H and O–H groups in total. The zero-order valence-corrected chi connectivity index (χ0v) is 22.1. The SMILES string of the molecule is COc1ccc(/C(=C/C(=O)N2CCOCC2)c2ccc(F)cc2)cc1OC.[Cu].c1ccc2ncccc2c1. The molecule has 0 aliphatic carbocycles. The number of para-hydroxylation sites is 1. The molecule has 38 heavy (non-hydrogen) atoms. The van der Waals surface area contributed by atoms with Crippen molar-refractivity contribution >= 4 is 22.4 Å². The fourth-order valence-corrected chi connectivity index (χ4v) is 3.98. The Kier molecular flexibility index (Phi) is 10.8. The Morgan fingerprint density at radius 3 is 2.24 bits per heavy atom. The Labute approximate surface area is 232 Å². The molecule has 1 radical (unpaired) electrons. The summed E-state index contributed by atoms with van der Waals surface area (Å²) in [5.74, 6) is 0.721. The molecule has 8 heteroatoms. The first kappa shape index (κ1) is 28.9. The molecule has 1 aromatic heterocycles. The van der Waals surface area contributed by atoms with Gasteiger partial charge in [-0.2, -0.15) is 0 Å². The van der Waals surface area contributed by atoms with Gasteiger partial charge in [-0.3, -0.25) is 9.78 Å². The average molecular weight is 564 g/mol. The standard InChI is InChI=1S/C21H22FNO4.C9H7N.Cu/c1-25-19-8-5-16(13-20(19)26-2)18(15-3-6-17(22)7-4-15)14-21(24)23-9-11-27-12-10-23;1-2-6-9-8(4-1)5-3-7-10-9;/h3-8,13-14H,9-12H2,1-2H3;1-7H;/b18-14+;;. The van der Waals surface area contributed by atoms with Crippen LogP contribution in [0.2, 0.25) is 0 Å². The van der Waals surface area contributed by atoms with E-state index in [1.54, 1.807) is 49.5 Å². The molecular formula is C30H29CuFN2O4. The number of ether oxygens (including phenoxy) is 3. The maximum absolute atomic E-state index is 13.4. The van der Waals surface area contributed by atoms with E-state index in [1.165, 1.54) is 17.5 Å². The number of morpholine rings is 1. The van der Waals surface area contributed by atoms with Gasteiger partial charge in [0.05, 0.1) is 33.0 Å². The third kappa shape index (κ3) is 7.42. The first-order valence-electron chi connectivity index (χ1n) is 12.0. The molecule has 3 aromatic carbocycles. The van der Waals surface area contributed by atoms with Gasteiger partial charge in [-0.1, -0.05) is 42.5 Å². The van der Waals surface area contributed by atoms with Gasteiger partial charge in [0, 0.05) is 47.8 Å². The van der Waals surface area contributed by atoms with E-state index < -0.39 is 0 Å². The van der Waals surface area contributed by atoms with E-state index in [1.807, 2.05) is 36.5 Å². The van der Waals surface area contributed by atoms with Crippen molar-refractivity contribution in [2.24, 2.45) is 0 Å². The molecule has 2 heterocycles. The summed E-state index contributed by atoms with van der Waals surface area (Å²) < 4.78 is 29.3. The van der Waals surface area contributed by atoms with Crippen LogP contribution in [0.3, 0.4) is 0 Å². The molecule has 0 unspecified atom stereocenters. The number of hydrogen-bond donors (Lipinski definition) is 0. The molecule has 0 atom stereocenters. The van der Waals surface area contributed by atoms with Crippen molar-refractivity contribution in [1.82, 2.24) is 9.88 Å². The van der Waals surface area contributed by atoms with Gasteiger partial charge in [-0.15, -0.1) is 0 Å². The van der Waals surface area contributed by atoms with Crippen LogP contribution in [-0.2, 0) is 26.6 Å². The zero-order valence-electron chi connectivity index (χ0n) is 21.2. The fraction of sp³-hybridized carbons (Fsp3) is 0.200. The van der Waals surface area contributed by atoms with Crippen molar-refractivity contribution in [3.8, 4) is 11.5 Å². The number of rotatable bonds is 5. The van der Waals surface area contributed by atoms with Crippen LogP contribution in [0.1, 0.15) is 11.1 Å². The van der Waals surface area contributed by atoms with Crippen LogP contribution in [0.25, 0.3) is 16.5 Å². The van der Waals surface area contributed by atoms with Gasteiger partial charge in [-0.25, -0.2) is 4.39 Å². The van der Waals surface area contributed by atoms with Crippen LogP contribution in [-0.4, -0.2) is 56.3 Å². The van der Waals surface area contributed by atoms with E-state index >= 15 is 0 Å². The zero-order chi connectivity index (χ0) is 26.0. The minimum atomic E-state index is -0.329. The third-order valence-electron chi connectivity index (χ3n) is 5.95. The van der Waals surface area contributed by atoms with E-state index in [9.17, 15) is 9.18 Å². The maximum atomic E-state index is 13.4. The average Bonchev–Trinajstić information content (AvgIpc) is 2.97. The van der Waals surface area contributed by atoms with Crippen LogP contribution >= 0.6 is 0 Å². The Morgan fingerprint density at radius 2 is 1.55 bits per heavy atom. The molecular weight excluding hydrogens is 535 g/mol. The quantitative estimate of drug-likeness (QED) is 0.241. The van der Waals surface area contributed by atoms with Crippen molar-refractivity contribution in [2.45, 2.75) is 0 Å². The van der Waals surface area contributed by atoms with Crippen LogP contribution < -0.4 is 9.47 Å². The molecule has 5 rings (SSSR count). The molecule has 0 bridgehead atoms. The van der Waals surface area contributed by atoms with Crippen LogP contribution in [0.5, 0.6) is 11.5 Å². The number of methoxy groups -OCH3 is 2. The summed E-state index contributed by atoms with van der Waals surface area (Å²) in [5, 5.41) is 1.20. The summed E-state index contributed by atoms with van der Waals surface area (Å²) >= 11 is 0. The first-order chi connectivity index (χ1) is 18.1. The molecule has 1 saturated heterocycles. The van der Waals surface area contributed by atoms with Crippen LogP contribution in [0.4, 0.5) is 4.39 Å². The van der Waals surface area contributed by atoms with E-state index in [2.05, 4.69) is 17.1 Å². The summed E-state index contributed by atoms with van der Waals surface area (Å²) in [4.78, 5) is 18.7. The number of hydrogen-bond acceptors (Lipinski definition) is 5. The van der Waals surface area contributed by atoms with Gasteiger partial charge in [0.25, 0.3) is 0 Å². The summed E-state index contributed by atoms with van der Waals surface area (Å²) in [6.07, 6.45) is 3.39. The van der Waals surface area contributed by atoms with Crippen molar-refractivity contribution in [3.05, 3.63) is 108 Å². The van der Waals surface area contributed by atoms with E-state index in [0.717, 1.165) is 16.6 Å². The number of halogens is 1. The molecule has 0 spiro atoms. The molecule has 1 amide bonds. The van der Waals surface area contributed by atoms with E-state index in [-0.39, 0.29) is 28.8 Å². The Morgan fingerprint density at radius 1 is 0.895 bits per heavy atom. The van der Waals surface area contributed by atoms with Crippen LogP contribution in [0.15, 0.2) is 91.1 Å². The maximum Gasteiger partial charge on any atom is 0.247 e. The minimum absolute atomic E-state index is 0. The van der Waals surface area contributed by atoms with Gasteiger partial charge < -0.3 is 19.1 Å². The predicted molar refractivity (Wildman–Crippen MR) is 142 cm³/mol. The molecule has 4 aromatic rings. The number of amides is 1. The van der Waals surface area contributed by atoms with Crippen molar-refractivity contribution in [3.63, 3.8) is 0 Å². The van der Waals surface area contributed by atoms with Gasteiger partial charge >= 0.3 is 0 Å². The largest absolute Gasteiger partial charge is 0.493 e. The van der Waals surface area contributed by atoms with E-state index in [0.29, 0.717) is 43.4 Å². The Balaban J connectivity index is 0.000000303. The van der Waals surface area contributed by atoms with Gasteiger partial charge in [0.1, 0.15) is 5.82 Å². The molecule has 1 fully saturated rings. The van der Waals surface area contributed by atoms with Gasteiger partial charge in [-0.05, 0) is 53.1 Å². The number of benzene rings is 3. The number of carbonyl (C=O) groups excluding carboxylic acids is 1. The Bertz CT molecular complexity index is 1310. The fourth-order valence-electron chi connectivity index (χ4n) is 3.98. The summed E-state index contributed by atoms with van der Waals surface area (Å²) in [7, 11) is 3.12. The topological polar surface area (TPSA) is 60.9 Å². The van der Waals surface area contributed by atoms with Crippen molar-refractivity contribution < 1.29 is 40.5 Å². The van der Waals surface area contributed by atoms with Gasteiger partial charge in [0.2, 0.25) is 5.91 Å². The second kappa shape index (κ2) is 14.3. The summed E-state index contributed by atoms with van der Waals surface area (Å²) in [6, 6.07) is 23.6. The number of carbonyl (C=O) groups is 1. The normalized spacial score (nSPS) is 13.1. The second-order valence-corrected chi connectivity index (χ2v) is 8.27. The smallest absolute Gasteiger partial charge is 0.247 e. The number of fused-ring (bicyclic) bond motifs is 1. The number of pyridine rings is 1. The third-order valence-corrected chi connectivity index (χ3v) is 5.95. The molecule has 1 aliphatic heterocycles. The van der Waals surface area contributed by atoms with Crippen molar-refractivity contribution in [2.75, 3.05) is 40.5 Å². The van der Waals surface area contributed by atoms with E-state index in [4.69, 9.17) is 14.2 Å². The van der Waals surface area contributed by atoms with Gasteiger partial charge in [0.15, 0.2) is 11.5 Å². The first-order valence-corrected chi connectivity index (χ1v) is 12.0. The summed E-state index contributed by atoms with van der Waals surface area (Å²) in [6.45, 7) is 2.17. The molecule has 0 saturated carbocycles. The predicted octanol–water partition coefficient (Wildman–Crippen LogP) is 5.37. The number of aromatic nitrogens is 1. The molecule has 201 valence electrons. The monoisotopic (exact) mass is 563 g/mol. The van der Waals surface area contributed by atoms with Crippen molar-refractivity contribution in [1.29, 1.82) is 0 Å². The van der Waals surface area contributed by atoms with Crippen LogP contribution in [0, 0.1) is 5.82 Å². The summed E-state index contributed by atoms with van der Waals surface area (Å²) in [5.41, 5.74) is 3.27. The molecule has 1 aliphatic rings. The number of nitrogens with zero attached hydrogens (tertiary/aromatic N) is 2. The Hall–Kier alpha value is -3.71. The molecule has 6 nitrogen and oxygen atoms in total. The minimum Gasteiger partial charge on any atom is -0.493 e. The second-order valence-electron chi connectivity index (χ2n) is 8.27.